The van der Waals surface area contributed by atoms with Crippen molar-refractivity contribution in [1.82, 2.24) is 24.8 Å². The van der Waals surface area contributed by atoms with E-state index in [2.05, 4.69) is 20.3 Å². The van der Waals surface area contributed by atoms with E-state index >= 15 is 0 Å². The zero-order chi connectivity index (χ0) is 23.4. The maximum Gasteiger partial charge on any atom is 0.341 e. The summed E-state index contributed by atoms with van der Waals surface area (Å²) in [6.45, 7) is 3.49. The number of hydrogen-bond donors (Lipinski definition) is 2. The van der Waals surface area contributed by atoms with E-state index in [9.17, 15) is 9.90 Å². The lowest BCUT2D eigenvalue weighted by Gasteiger charge is -2.32. The van der Waals surface area contributed by atoms with Crippen LogP contribution in [0.25, 0.3) is 5.69 Å². The molecule has 174 valence electrons. The van der Waals surface area contributed by atoms with Crippen LogP contribution in [0, 0.1) is 5.41 Å². The number of aliphatic hydroxyl groups is 1. The van der Waals surface area contributed by atoms with Crippen molar-refractivity contribution in [2.75, 3.05) is 24.6 Å². The van der Waals surface area contributed by atoms with Crippen LogP contribution in [0.1, 0.15) is 47.4 Å². The molecular formula is C23H29N7O3. The van der Waals surface area contributed by atoms with Gasteiger partial charge in [0, 0.05) is 50.6 Å². The summed E-state index contributed by atoms with van der Waals surface area (Å²) in [7, 11) is 1.77. The van der Waals surface area contributed by atoms with Gasteiger partial charge in [-0.2, -0.15) is 5.10 Å². The van der Waals surface area contributed by atoms with Crippen molar-refractivity contribution >= 4 is 17.9 Å². The van der Waals surface area contributed by atoms with E-state index in [1.165, 1.54) is 12.4 Å². The molecule has 1 aromatic carbocycles. The number of rotatable bonds is 8. The molecule has 4 rings (SSSR count). The van der Waals surface area contributed by atoms with Gasteiger partial charge in [-0.05, 0) is 38.0 Å². The summed E-state index contributed by atoms with van der Waals surface area (Å²) in [5.74, 6) is -0.820. The third kappa shape index (κ3) is 4.95. The Morgan fingerprint density at radius 1 is 1.39 bits per heavy atom. The summed E-state index contributed by atoms with van der Waals surface area (Å²) in [6.07, 6.45) is 6.34. The lowest BCUT2D eigenvalue weighted by atomic mass is 9.99. The van der Waals surface area contributed by atoms with Gasteiger partial charge in [-0.15, -0.1) is 5.10 Å². The zero-order valence-electron chi connectivity index (χ0n) is 18.9. The number of carbonyl (C=O) groups excluding carboxylic acids is 1. The van der Waals surface area contributed by atoms with Crippen LogP contribution < -0.4 is 4.90 Å². The smallest absolute Gasteiger partial charge is 0.341 e. The number of aryl methyl sites for hydroxylation is 1. The van der Waals surface area contributed by atoms with E-state index in [1.807, 2.05) is 24.3 Å². The molecule has 0 spiro atoms. The second kappa shape index (κ2) is 9.95. The van der Waals surface area contributed by atoms with Crippen molar-refractivity contribution in [2.45, 2.75) is 38.2 Å². The first-order chi connectivity index (χ1) is 16.0. The minimum atomic E-state index is -0.447. The van der Waals surface area contributed by atoms with Gasteiger partial charge in [-0.1, -0.05) is 11.3 Å². The Labute approximate surface area is 192 Å². The van der Waals surface area contributed by atoms with Crippen molar-refractivity contribution < 1.29 is 14.6 Å². The van der Waals surface area contributed by atoms with E-state index in [1.54, 1.807) is 29.5 Å². The molecule has 1 saturated heterocycles. The predicted molar refractivity (Wildman–Crippen MR) is 123 cm³/mol. The fourth-order valence-electron chi connectivity index (χ4n) is 4.18. The maximum atomic E-state index is 12.7. The van der Waals surface area contributed by atoms with Crippen LogP contribution in [-0.2, 0) is 18.2 Å². The largest absolute Gasteiger partial charge is 0.462 e. The number of hydrogen-bond acceptors (Lipinski definition) is 8. The van der Waals surface area contributed by atoms with Gasteiger partial charge in [-0.25, -0.2) is 9.48 Å². The molecule has 10 heteroatoms. The molecule has 0 aliphatic carbocycles. The first-order valence-corrected chi connectivity index (χ1v) is 11.1. The minimum Gasteiger partial charge on any atom is -0.462 e. The third-order valence-corrected chi connectivity index (χ3v) is 5.81. The quantitative estimate of drug-likeness (QED) is 0.397. The summed E-state index contributed by atoms with van der Waals surface area (Å²) in [6, 6.07) is 7.89. The average Bonchev–Trinajstić information content (AvgIpc) is 3.44. The van der Waals surface area contributed by atoms with Gasteiger partial charge >= 0.3 is 5.97 Å². The number of anilines is 1. The van der Waals surface area contributed by atoms with Crippen molar-refractivity contribution in [3.8, 4) is 5.69 Å². The van der Waals surface area contributed by atoms with Gasteiger partial charge in [0.15, 0.2) is 0 Å². The number of carbonyl (C=O) groups is 1. The second-order valence-electron chi connectivity index (χ2n) is 8.19. The number of aromatic nitrogens is 5. The Kier molecular flexibility index (Phi) is 6.83. The molecule has 3 heterocycles. The lowest BCUT2D eigenvalue weighted by molar-refractivity contribution is 0.0525. The minimum absolute atomic E-state index is 0.258. The fraction of sp³-hybridized carbons (Fsp3) is 0.435. The van der Waals surface area contributed by atoms with Gasteiger partial charge in [-0.3, -0.25) is 4.68 Å². The molecule has 2 atom stereocenters. The number of piperidine rings is 1. The first kappa shape index (κ1) is 22.7. The molecule has 33 heavy (non-hydrogen) atoms. The van der Waals surface area contributed by atoms with Crippen LogP contribution in [0.5, 0.6) is 0 Å². The van der Waals surface area contributed by atoms with Crippen molar-refractivity contribution in [3.63, 3.8) is 0 Å². The molecule has 0 saturated carbocycles. The Morgan fingerprint density at radius 2 is 2.21 bits per heavy atom. The molecule has 0 unspecified atom stereocenters. The number of nitrogens with one attached hydrogen (secondary N) is 1. The topological polar surface area (TPSA) is 122 Å². The molecule has 1 aliphatic rings. The molecule has 2 N–H and O–H groups in total. The van der Waals surface area contributed by atoms with Crippen LogP contribution in [0.2, 0.25) is 0 Å². The fourth-order valence-corrected chi connectivity index (χ4v) is 4.18. The van der Waals surface area contributed by atoms with Gasteiger partial charge in [0.2, 0.25) is 0 Å². The third-order valence-electron chi connectivity index (χ3n) is 5.81. The maximum absolute atomic E-state index is 12.7. The van der Waals surface area contributed by atoms with Crippen LogP contribution >= 0.6 is 0 Å². The van der Waals surface area contributed by atoms with Gasteiger partial charge in [0.05, 0.1) is 36.0 Å². The SMILES string of the molecule is CCOC(=O)c1cnn(-c2cccc(N3CCC[C@@H](O)C3)c2)c1C[C@@H](C=N)c1cn(C)nn1. The number of esters is 1. The highest BCUT2D eigenvalue weighted by atomic mass is 16.5. The van der Waals surface area contributed by atoms with E-state index in [0.29, 0.717) is 29.9 Å². The molecule has 0 bridgehead atoms. The van der Waals surface area contributed by atoms with E-state index in [-0.39, 0.29) is 18.6 Å². The van der Waals surface area contributed by atoms with Gasteiger partial charge in [0.1, 0.15) is 5.56 Å². The standard InChI is InChI=1S/C23H29N7O3/c1-3-33-23(32)20-13-25-30(22(20)10-16(12-24)21-15-28(2)27-26-21)18-7-4-6-17(11-18)29-9-5-8-19(31)14-29/h4,6-7,11-13,15-16,19,24,31H,3,5,8-10,14H2,1-2H3/t16-,19+/m0/s1. The van der Waals surface area contributed by atoms with Crippen LogP contribution in [0.4, 0.5) is 5.69 Å². The van der Waals surface area contributed by atoms with Crippen molar-refractivity contribution in [1.29, 1.82) is 5.41 Å². The Morgan fingerprint density at radius 3 is 2.91 bits per heavy atom. The Bertz CT molecular complexity index is 1120. The molecule has 1 fully saturated rings. The van der Waals surface area contributed by atoms with Crippen LogP contribution in [-0.4, -0.2) is 67.9 Å². The van der Waals surface area contributed by atoms with Crippen LogP contribution in [0.3, 0.4) is 0 Å². The Balaban J connectivity index is 1.72. The predicted octanol–water partition coefficient (Wildman–Crippen LogP) is 2.11. The highest BCUT2D eigenvalue weighted by molar-refractivity contribution is 5.90. The number of nitrogens with zero attached hydrogens (tertiary/aromatic N) is 6. The molecule has 1 aliphatic heterocycles. The summed E-state index contributed by atoms with van der Waals surface area (Å²) in [5.41, 5.74) is 3.44. The molecular weight excluding hydrogens is 422 g/mol. The van der Waals surface area contributed by atoms with E-state index < -0.39 is 5.97 Å². The summed E-state index contributed by atoms with van der Waals surface area (Å²) >= 11 is 0. The van der Waals surface area contributed by atoms with Crippen molar-refractivity contribution in [3.05, 3.63) is 53.6 Å². The Hall–Kier alpha value is -3.53. The van der Waals surface area contributed by atoms with E-state index in [4.69, 9.17) is 10.1 Å². The lowest BCUT2D eigenvalue weighted by Crippen LogP contribution is -2.38. The summed E-state index contributed by atoms with van der Waals surface area (Å²) in [5, 5.41) is 30.7. The second-order valence-corrected chi connectivity index (χ2v) is 8.19. The highest BCUT2D eigenvalue weighted by Crippen LogP contribution is 2.27. The summed E-state index contributed by atoms with van der Waals surface area (Å²) < 4.78 is 8.57. The number of ether oxygens (including phenoxy) is 1. The normalized spacial score (nSPS) is 17.1. The van der Waals surface area contributed by atoms with Crippen molar-refractivity contribution in [2.24, 2.45) is 7.05 Å². The van der Waals surface area contributed by atoms with Crippen LogP contribution in [0.15, 0.2) is 36.7 Å². The molecule has 0 radical (unpaired) electrons. The van der Waals surface area contributed by atoms with Gasteiger partial charge < -0.3 is 20.2 Å². The molecule has 3 aromatic rings. The number of β-amino-alcohol motifs (C(OH)–C–C–N with tert-alkyl or cyclic N) is 1. The van der Waals surface area contributed by atoms with E-state index in [0.717, 1.165) is 30.8 Å². The summed E-state index contributed by atoms with van der Waals surface area (Å²) in [4.78, 5) is 14.8. The zero-order valence-corrected chi connectivity index (χ0v) is 18.9. The molecule has 0 amide bonds. The molecule has 10 nitrogen and oxygen atoms in total. The van der Waals surface area contributed by atoms with Gasteiger partial charge in [0.25, 0.3) is 0 Å². The number of aliphatic hydroxyl groups excluding tert-OH is 1. The average molecular weight is 452 g/mol. The monoisotopic (exact) mass is 451 g/mol. The number of benzene rings is 1. The highest BCUT2D eigenvalue weighted by Gasteiger charge is 2.25. The first-order valence-electron chi connectivity index (χ1n) is 11.1. The molecule has 2 aromatic heterocycles.